The van der Waals surface area contributed by atoms with E-state index in [0.29, 0.717) is 17.6 Å². The predicted molar refractivity (Wildman–Crippen MR) is 35.2 cm³/mol. The standard InChI is InChI=1S/C9H10O/c10-9-7-4-1-3-2-5(4)8(9)6(3)7/h3-8H,1-2H2/t3?,4-,5+,6?,7+,8?/m1/s1. The second-order valence-corrected chi connectivity index (χ2v) is 4.59. The number of Topliss-reactive ketones (excluding diaryl/α,β-unsaturated/α-hetero) is 1. The van der Waals surface area contributed by atoms with Crippen LogP contribution in [0.25, 0.3) is 0 Å². The average molecular weight is 134 g/mol. The normalized spacial score (nSPS) is 73.4. The zero-order valence-electron chi connectivity index (χ0n) is 5.79. The molecule has 3 unspecified atom stereocenters. The third kappa shape index (κ3) is 0.217. The van der Waals surface area contributed by atoms with Gasteiger partial charge in [-0.25, -0.2) is 0 Å². The van der Waals surface area contributed by atoms with Gasteiger partial charge in [0, 0.05) is 11.8 Å². The van der Waals surface area contributed by atoms with Gasteiger partial charge >= 0.3 is 0 Å². The molecule has 0 amide bonds. The van der Waals surface area contributed by atoms with E-state index in [-0.39, 0.29) is 0 Å². The van der Waals surface area contributed by atoms with E-state index < -0.39 is 0 Å². The molecule has 6 bridgehead atoms. The molecule has 5 aliphatic rings. The third-order valence-electron chi connectivity index (χ3n) is 4.65. The first kappa shape index (κ1) is 4.53. The molecule has 0 saturated heterocycles. The lowest BCUT2D eigenvalue weighted by atomic mass is 9.71. The topological polar surface area (TPSA) is 17.1 Å². The minimum absolute atomic E-state index is 0.591. The highest BCUT2D eigenvalue weighted by molar-refractivity contribution is 5.94. The van der Waals surface area contributed by atoms with Crippen molar-refractivity contribution in [1.29, 1.82) is 0 Å². The zero-order chi connectivity index (χ0) is 6.46. The maximum absolute atomic E-state index is 11.3. The Morgan fingerprint density at radius 2 is 1.70 bits per heavy atom. The summed E-state index contributed by atoms with van der Waals surface area (Å²) in [6.45, 7) is 0. The minimum Gasteiger partial charge on any atom is -0.299 e. The van der Waals surface area contributed by atoms with Crippen molar-refractivity contribution in [3.63, 3.8) is 0 Å². The van der Waals surface area contributed by atoms with Crippen molar-refractivity contribution >= 4 is 5.78 Å². The van der Waals surface area contributed by atoms with Gasteiger partial charge in [0.05, 0.1) is 0 Å². The SMILES string of the molecule is O=C1C2C3C4C[C@H]([C@@H]2C4)[C@H]13. The molecule has 5 aliphatic carbocycles. The summed E-state index contributed by atoms with van der Waals surface area (Å²) in [4.78, 5) is 11.3. The highest BCUT2D eigenvalue weighted by Crippen LogP contribution is 2.76. The van der Waals surface area contributed by atoms with E-state index in [1.807, 2.05) is 0 Å². The lowest BCUT2D eigenvalue weighted by molar-refractivity contribution is -0.136. The second-order valence-electron chi connectivity index (χ2n) is 4.59. The van der Waals surface area contributed by atoms with Crippen LogP contribution in [0.4, 0.5) is 0 Å². The van der Waals surface area contributed by atoms with Crippen molar-refractivity contribution in [3.8, 4) is 0 Å². The first-order chi connectivity index (χ1) is 4.88. The molecule has 0 aromatic rings. The van der Waals surface area contributed by atoms with Crippen LogP contribution in [-0.4, -0.2) is 5.78 Å². The molecule has 10 heavy (non-hydrogen) atoms. The Bertz CT molecular complexity index is 219. The van der Waals surface area contributed by atoms with Gasteiger partial charge in [0.15, 0.2) is 0 Å². The number of ketones is 1. The maximum atomic E-state index is 11.3. The van der Waals surface area contributed by atoms with Gasteiger partial charge in [0.1, 0.15) is 5.78 Å². The molecule has 0 heterocycles. The molecule has 1 heteroatoms. The Balaban J connectivity index is 2.03. The number of hydrogen-bond donors (Lipinski definition) is 0. The second kappa shape index (κ2) is 0.992. The summed E-state index contributed by atoms with van der Waals surface area (Å²) < 4.78 is 0. The van der Waals surface area contributed by atoms with E-state index in [4.69, 9.17) is 0 Å². The van der Waals surface area contributed by atoms with Crippen LogP contribution in [0.5, 0.6) is 0 Å². The number of carbonyl (C=O) groups excluding carboxylic acids is 1. The van der Waals surface area contributed by atoms with E-state index >= 15 is 0 Å². The van der Waals surface area contributed by atoms with Crippen LogP contribution in [0.15, 0.2) is 0 Å². The first-order valence-corrected chi connectivity index (χ1v) is 4.41. The molecule has 52 valence electrons. The molecule has 5 saturated carbocycles. The minimum atomic E-state index is 0.591. The molecule has 5 rings (SSSR count). The predicted octanol–water partition coefficient (Wildman–Crippen LogP) is 1.09. The Morgan fingerprint density at radius 1 is 1.10 bits per heavy atom. The molecule has 0 N–H and O–H groups in total. The van der Waals surface area contributed by atoms with E-state index in [1.54, 1.807) is 0 Å². The molecule has 0 aromatic heterocycles. The quantitative estimate of drug-likeness (QED) is 0.484. The fraction of sp³-hybridized carbons (Fsp3) is 0.889. The Kier molecular flexibility index (Phi) is 0.449. The van der Waals surface area contributed by atoms with Crippen LogP contribution in [0.2, 0.25) is 0 Å². The lowest BCUT2D eigenvalue weighted by Gasteiger charge is -2.31. The van der Waals surface area contributed by atoms with E-state index in [2.05, 4.69) is 0 Å². The van der Waals surface area contributed by atoms with Crippen molar-refractivity contribution < 1.29 is 4.79 Å². The highest BCUT2D eigenvalue weighted by Gasteiger charge is 2.76. The fourth-order valence-electron chi connectivity index (χ4n) is 4.57. The Labute approximate surface area is 59.8 Å². The molecule has 1 nitrogen and oxygen atoms in total. The van der Waals surface area contributed by atoms with Gasteiger partial charge in [0.2, 0.25) is 0 Å². The number of carbonyl (C=O) groups is 1. The summed E-state index contributed by atoms with van der Waals surface area (Å²) in [5.74, 6) is 5.51. The van der Waals surface area contributed by atoms with Crippen LogP contribution in [0.3, 0.4) is 0 Å². The first-order valence-electron chi connectivity index (χ1n) is 4.41. The van der Waals surface area contributed by atoms with Crippen LogP contribution >= 0.6 is 0 Å². The van der Waals surface area contributed by atoms with Crippen LogP contribution in [0.1, 0.15) is 12.8 Å². The van der Waals surface area contributed by atoms with Gasteiger partial charge in [-0.2, -0.15) is 0 Å². The van der Waals surface area contributed by atoms with Gasteiger partial charge in [-0.1, -0.05) is 0 Å². The van der Waals surface area contributed by atoms with Crippen molar-refractivity contribution in [3.05, 3.63) is 0 Å². The third-order valence-corrected chi connectivity index (χ3v) is 4.65. The van der Waals surface area contributed by atoms with Gasteiger partial charge in [-0.05, 0) is 36.5 Å². The zero-order valence-corrected chi connectivity index (χ0v) is 5.79. The van der Waals surface area contributed by atoms with Gasteiger partial charge in [0.25, 0.3) is 0 Å². The largest absolute Gasteiger partial charge is 0.299 e. The van der Waals surface area contributed by atoms with Crippen LogP contribution in [-0.2, 0) is 4.79 Å². The van der Waals surface area contributed by atoms with Crippen molar-refractivity contribution in [2.24, 2.45) is 35.5 Å². The fourth-order valence-corrected chi connectivity index (χ4v) is 4.57. The van der Waals surface area contributed by atoms with Crippen LogP contribution < -0.4 is 0 Å². The van der Waals surface area contributed by atoms with E-state index in [1.165, 1.54) is 12.8 Å². The van der Waals surface area contributed by atoms with Crippen molar-refractivity contribution in [1.82, 2.24) is 0 Å². The maximum Gasteiger partial charge on any atom is 0.140 e. The monoisotopic (exact) mass is 134 g/mol. The summed E-state index contributed by atoms with van der Waals surface area (Å²) in [5, 5.41) is 0. The molecule has 0 radical (unpaired) electrons. The molecule has 0 spiro atoms. The highest BCUT2D eigenvalue weighted by atomic mass is 16.1. The lowest BCUT2D eigenvalue weighted by Crippen LogP contribution is -2.39. The summed E-state index contributed by atoms with van der Waals surface area (Å²) in [6, 6.07) is 0. The van der Waals surface area contributed by atoms with Crippen LogP contribution in [0, 0.1) is 35.5 Å². The van der Waals surface area contributed by atoms with Gasteiger partial charge in [-0.15, -0.1) is 0 Å². The summed E-state index contributed by atoms with van der Waals surface area (Å²) >= 11 is 0. The number of rotatable bonds is 0. The van der Waals surface area contributed by atoms with Gasteiger partial charge < -0.3 is 0 Å². The summed E-state index contributed by atoms with van der Waals surface area (Å²) in [5.41, 5.74) is 0. The van der Waals surface area contributed by atoms with Crippen molar-refractivity contribution in [2.45, 2.75) is 12.8 Å². The van der Waals surface area contributed by atoms with E-state index in [0.717, 1.165) is 23.7 Å². The molecule has 0 aliphatic heterocycles. The molecule has 0 aromatic carbocycles. The van der Waals surface area contributed by atoms with Gasteiger partial charge in [-0.3, -0.25) is 4.79 Å². The Morgan fingerprint density at radius 3 is 2.10 bits per heavy atom. The molecule has 6 atom stereocenters. The summed E-state index contributed by atoms with van der Waals surface area (Å²) in [7, 11) is 0. The molecular formula is C9H10O. The summed E-state index contributed by atoms with van der Waals surface area (Å²) in [6.07, 6.45) is 2.84. The van der Waals surface area contributed by atoms with E-state index in [9.17, 15) is 4.79 Å². The number of hydrogen-bond acceptors (Lipinski definition) is 1. The Hall–Kier alpha value is -0.330. The molecule has 5 fully saturated rings. The smallest absolute Gasteiger partial charge is 0.140 e. The average Bonchev–Trinajstić information content (AvgIpc) is 2.51. The molecular weight excluding hydrogens is 124 g/mol. The van der Waals surface area contributed by atoms with Crippen molar-refractivity contribution in [2.75, 3.05) is 0 Å².